The minimum Gasteiger partial charge on any atom is -0.366 e. The van der Waals surface area contributed by atoms with E-state index in [1.807, 2.05) is 13.8 Å². The highest BCUT2D eigenvalue weighted by molar-refractivity contribution is 5.55. The summed E-state index contributed by atoms with van der Waals surface area (Å²) in [6, 6.07) is 2.68. The van der Waals surface area contributed by atoms with E-state index in [0.717, 1.165) is 17.8 Å². The van der Waals surface area contributed by atoms with E-state index in [4.69, 9.17) is 0 Å². The Morgan fingerprint density at radius 1 is 1.25 bits per heavy atom. The molecule has 5 heteroatoms. The summed E-state index contributed by atoms with van der Waals surface area (Å²) in [6.07, 6.45) is 3.92. The first-order valence-corrected chi connectivity index (χ1v) is 7.35. The quantitative estimate of drug-likeness (QED) is 0.911. The minimum atomic E-state index is 0.449. The molecule has 1 fully saturated rings. The van der Waals surface area contributed by atoms with Crippen molar-refractivity contribution < 1.29 is 0 Å². The highest BCUT2D eigenvalue weighted by Gasteiger charge is 2.17. The van der Waals surface area contributed by atoms with E-state index < -0.39 is 0 Å². The van der Waals surface area contributed by atoms with Crippen molar-refractivity contribution in [3.05, 3.63) is 16.8 Å². The largest absolute Gasteiger partial charge is 0.366 e. The molecule has 0 amide bonds. The normalized spacial score (nSPS) is 17.5. The van der Waals surface area contributed by atoms with Crippen molar-refractivity contribution in [1.29, 1.82) is 5.26 Å². The molecule has 1 atom stereocenters. The Balaban J connectivity index is 2.00. The zero-order chi connectivity index (χ0) is 14.5. The standard InChI is InChI=1S/C15H23N5/c1-11(20-7-5-4-6-8-20)10-17-15-14(9-16)12(2)13(3)18-19-15/h11H,4-8,10H2,1-3H3,(H,17,19). The van der Waals surface area contributed by atoms with Crippen LogP contribution in [0.5, 0.6) is 0 Å². The number of piperidine rings is 1. The molecule has 0 aliphatic carbocycles. The van der Waals surface area contributed by atoms with Crippen molar-refractivity contribution in [2.24, 2.45) is 0 Å². The van der Waals surface area contributed by atoms with Crippen molar-refractivity contribution in [3.63, 3.8) is 0 Å². The summed E-state index contributed by atoms with van der Waals surface area (Å²) in [5.74, 6) is 0.611. The Morgan fingerprint density at radius 3 is 2.60 bits per heavy atom. The number of nitrogens with one attached hydrogen (secondary N) is 1. The highest BCUT2D eigenvalue weighted by atomic mass is 15.2. The molecule has 0 radical (unpaired) electrons. The molecule has 1 aromatic rings. The third kappa shape index (κ3) is 3.26. The van der Waals surface area contributed by atoms with Gasteiger partial charge in [0, 0.05) is 12.6 Å². The summed E-state index contributed by atoms with van der Waals surface area (Å²) in [4.78, 5) is 2.50. The van der Waals surface area contributed by atoms with Crippen LogP contribution in [0.15, 0.2) is 0 Å². The van der Waals surface area contributed by atoms with Crippen LogP contribution in [0.1, 0.15) is 43.0 Å². The Bertz CT molecular complexity index is 500. The maximum Gasteiger partial charge on any atom is 0.166 e. The molecular formula is C15H23N5. The summed E-state index contributed by atoms with van der Waals surface area (Å²) in [5, 5.41) is 20.8. The monoisotopic (exact) mass is 273 g/mol. The second-order valence-electron chi connectivity index (χ2n) is 5.57. The molecule has 1 unspecified atom stereocenters. The first kappa shape index (κ1) is 14.7. The zero-order valence-electron chi connectivity index (χ0n) is 12.6. The van der Waals surface area contributed by atoms with Gasteiger partial charge >= 0.3 is 0 Å². The number of likely N-dealkylation sites (tertiary alicyclic amines) is 1. The Morgan fingerprint density at radius 2 is 1.95 bits per heavy atom. The number of aromatic nitrogens is 2. The molecule has 20 heavy (non-hydrogen) atoms. The molecule has 0 saturated carbocycles. The highest BCUT2D eigenvalue weighted by Crippen LogP contribution is 2.18. The van der Waals surface area contributed by atoms with Gasteiger partial charge in [0.05, 0.1) is 5.69 Å². The Hall–Kier alpha value is -1.67. The molecule has 1 aromatic heterocycles. The van der Waals surface area contributed by atoms with E-state index in [1.165, 1.54) is 32.4 Å². The maximum absolute atomic E-state index is 9.27. The van der Waals surface area contributed by atoms with Gasteiger partial charge in [-0.2, -0.15) is 10.4 Å². The number of hydrogen-bond acceptors (Lipinski definition) is 5. The van der Waals surface area contributed by atoms with Crippen LogP contribution in [0.4, 0.5) is 5.82 Å². The van der Waals surface area contributed by atoms with Gasteiger partial charge in [0.25, 0.3) is 0 Å². The lowest BCUT2D eigenvalue weighted by Gasteiger charge is -2.32. The molecule has 108 valence electrons. The zero-order valence-corrected chi connectivity index (χ0v) is 12.6. The van der Waals surface area contributed by atoms with E-state index in [1.54, 1.807) is 0 Å². The van der Waals surface area contributed by atoms with Gasteiger partial charge in [0.2, 0.25) is 0 Å². The van der Waals surface area contributed by atoms with Crippen molar-refractivity contribution in [2.45, 2.75) is 46.1 Å². The van der Waals surface area contributed by atoms with Crippen LogP contribution >= 0.6 is 0 Å². The van der Waals surface area contributed by atoms with E-state index in [-0.39, 0.29) is 0 Å². The fourth-order valence-corrected chi connectivity index (χ4v) is 2.60. The molecule has 2 heterocycles. The molecule has 1 aliphatic rings. The number of anilines is 1. The molecule has 1 N–H and O–H groups in total. The second kappa shape index (κ2) is 6.67. The van der Waals surface area contributed by atoms with E-state index >= 15 is 0 Å². The van der Waals surface area contributed by atoms with Gasteiger partial charge in [0.1, 0.15) is 11.6 Å². The first-order valence-electron chi connectivity index (χ1n) is 7.35. The number of nitrogens with zero attached hydrogens (tertiary/aromatic N) is 4. The van der Waals surface area contributed by atoms with Gasteiger partial charge < -0.3 is 5.32 Å². The van der Waals surface area contributed by atoms with Crippen molar-refractivity contribution >= 4 is 5.82 Å². The lowest BCUT2D eigenvalue weighted by Crippen LogP contribution is -2.41. The first-order chi connectivity index (χ1) is 9.63. The van der Waals surface area contributed by atoms with E-state index in [2.05, 4.69) is 33.4 Å². The van der Waals surface area contributed by atoms with Gasteiger partial charge in [-0.1, -0.05) is 6.42 Å². The van der Waals surface area contributed by atoms with Crippen molar-refractivity contribution in [2.75, 3.05) is 25.0 Å². The molecule has 1 aliphatic heterocycles. The Labute approximate surface area is 121 Å². The maximum atomic E-state index is 9.27. The average Bonchev–Trinajstić information content (AvgIpc) is 2.49. The van der Waals surface area contributed by atoms with Crippen LogP contribution in [0.2, 0.25) is 0 Å². The smallest absolute Gasteiger partial charge is 0.166 e. The molecule has 1 saturated heterocycles. The molecule has 0 spiro atoms. The van der Waals surface area contributed by atoms with Crippen LogP contribution in [0, 0.1) is 25.2 Å². The van der Waals surface area contributed by atoms with Crippen LogP contribution in [-0.2, 0) is 0 Å². The van der Waals surface area contributed by atoms with Gasteiger partial charge in [0.15, 0.2) is 5.82 Å². The number of rotatable bonds is 4. The average molecular weight is 273 g/mol. The summed E-state index contributed by atoms with van der Waals surface area (Å²) >= 11 is 0. The summed E-state index contributed by atoms with van der Waals surface area (Å²) in [5.41, 5.74) is 2.34. The Kier molecular flexibility index (Phi) is 4.91. The predicted octanol–water partition coefficient (Wildman–Crippen LogP) is 2.25. The third-order valence-electron chi connectivity index (χ3n) is 4.15. The molecular weight excluding hydrogens is 250 g/mol. The van der Waals surface area contributed by atoms with Crippen LogP contribution in [0.3, 0.4) is 0 Å². The van der Waals surface area contributed by atoms with Crippen LogP contribution in [-0.4, -0.2) is 40.8 Å². The summed E-state index contributed by atoms with van der Waals surface area (Å²) < 4.78 is 0. The van der Waals surface area contributed by atoms with Gasteiger partial charge in [-0.25, -0.2) is 0 Å². The SMILES string of the molecule is Cc1nnc(NCC(C)N2CCCCC2)c(C#N)c1C. The number of hydrogen-bond donors (Lipinski definition) is 1. The molecule has 0 bridgehead atoms. The molecule has 2 rings (SSSR count). The number of nitriles is 1. The van der Waals surface area contributed by atoms with E-state index in [9.17, 15) is 5.26 Å². The predicted molar refractivity (Wildman–Crippen MR) is 79.6 cm³/mol. The fourth-order valence-electron chi connectivity index (χ4n) is 2.60. The second-order valence-corrected chi connectivity index (χ2v) is 5.57. The lowest BCUT2D eigenvalue weighted by molar-refractivity contribution is 0.180. The summed E-state index contributed by atoms with van der Waals surface area (Å²) in [6.45, 7) is 9.16. The van der Waals surface area contributed by atoms with Crippen LogP contribution in [0.25, 0.3) is 0 Å². The van der Waals surface area contributed by atoms with Gasteiger partial charge in [-0.05, 0) is 52.3 Å². The van der Waals surface area contributed by atoms with E-state index in [0.29, 0.717) is 17.4 Å². The fraction of sp³-hybridized carbons (Fsp3) is 0.667. The van der Waals surface area contributed by atoms with Crippen molar-refractivity contribution in [3.8, 4) is 6.07 Å². The molecule has 5 nitrogen and oxygen atoms in total. The topological polar surface area (TPSA) is 64.8 Å². The number of aryl methyl sites for hydroxylation is 1. The minimum absolute atomic E-state index is 0.449. The third-order valence-corrected chi connectivity index (χ3v) is 4.15. The van der Waals surface area contributed by atoms with Crippen LogP contribution < -0.4 is 5.32 Å². The molecule has 0 aromatic carbocycles. The van der Waals surface area contributed by atoms with Crippen molar-refractivity contribution in [1.82, 2.24) is 15.1 Å². The van der Waals surface area contributed by atoms with Gasteiger partial charge in [-0.3, -0.25) is 4.90 Å². The lowest BCUT2D eigenvalue weighted by atomic mass is 10.1. The summed E-state index contributed by atoms with van der Waals surface area (Å²) in [7, 11) is 0. The van der Waals surface area contributed by atoms with Gasteiger partial charge in [-0.15, -0.1) is 5.10 Å².